The molecule has 1 rings (SSSR count). The fourth-order valence-electron chi connectivity index (χ4n) is 5.95. The summed E-state index contributed by atoms with van der Waals surface area (Å²) in [6.45, 7) is 3.56. The standard InChI is InChI=1S/C40H73NO9/c1-3-5-7-9-11-13-15-16-17-19-21-23-25-27-29-34(44)39(48)41-32(31-49-40-38(47)37(46)36(45)35(30-42)50-40)33(43)28-26-24-22-20-18-14-12-10-8-6-4-2/h15-16,20-23,32-38,40,42-47H,3-14,17-19,24-31H2,1-2H3,(H,41,48)/b16-15+,22-20+,23-21+/t32-,33?,34?,35+,36+,37-,38+,40+/m0/s1. The number of hydrogen-bond acceptors (Lipinski definition) is 9. The molecule has 0 radical (unpaired) electrons. The lowest BCUT2D eigenvalue weighted by Gasteiger charge is -2.40. The van der Waals surface area contributed by atoms with E-state index < -0.39 is 61.5 Å². The minimum Gasteiger partial charge on any atom is -0.394 e. The summed E-state index contributed by atoms with van der Waals surface area (Å²) in [5, 5.41) is 64.3. The first-order chi connectivity index (χ1) is 24.3. The van der Waals surface area contributed by atoms with Crippen molar-refractivity contribution in [3.05, 3.63) is 36.5 Å². The van der Waals surface area contributed by atoms with E-state index in [1.807, 2.05) is 0 Å². The average Bonchev–Trinajstić information content (AvgIpc) is 3.11. The minimum absolute atomic E-state index is 0.258. The summed E-state index contributed by atoms with van der Waals surface area (Å²) in [5.41, 5.74) is 0. The summed E-state index contributed by atoms with van der Waals surface area (Å²) in [5.74, 6) is -0.630. The molecule has 1 heterocycles. The van der Waals surface area contributed by atoms with Crippen molar-refractivity contribution in [3.8, 4) is 0 Å². The molecule has 1 amide bonds. The highest BCUT2D eigenvalue weighted by Gasteiger charge is 2.44. The van der Waals surface area contributed by atoms with E-state index >= 15 is 0 Å². The van der Waals surface area contributed by atoms with E-state index in [2.05, 4.69) is 55.6 Å². The molecule has 0 aliphatic carbocycles. The SMILES string of the molecule is CCCCCCC/C=C/CC/C=C/CCCC(O)C(=O)N[C@@H](CO[C@@H]1O[C@H](CO)[C@@H](O)[C@H](O)[C@H]1O)C(O)CCC/C=C/CCCCCCCC. The van der Waals surface area contributed by atoms with Crippen molar-refractivity contribution in [2.45, 2.75) is 198 Å². The topological polar surface area (TPSA) is 169 Å². The molecule has 292 valence electrons. The van der Waals surface area contributed by atoms with Gasteiger partial charge in [-0.05, 0) is 77.0 Å². The summed E-state index contributed by atoms with van der Waals surface area (Å²) < 4.78 is 11.1. The third-order valence-corrected chi connectivity index (χ3v) is 9.30. The molecule has 0 aromatic rings. The van der Waals surface area contributed by atoms with Gasteiger partial charge in [0.05, 0.1) is 25.4 Å². The summed E-state index contributed by atoms with van der Waals surface area (Å²) in [6, 6.07) is -0.930. The maximum Gasteiger partial charge on any atom is 0.249 e. The lowest BCUT2D eigenvalue weighted by molar-refractivity contribution is -0.302. The van der Waals surface area contributed by atoms with Crippen LogP contribution in [0.5, 0.6) is 0 Å². The molecule has 0 saturated carbocycles. The number of aliphatic hydroxyl groups excluding tert-OH is 6. The predicted octanol–water partition coefficient (Wildman–Crippen LogP) is 5.91. The van der Waals surface area contributed by atoms with Crippen LogP contribution in [-0.2, 0) is 14.3 Å². The van der Waals surface area contributed by atoms with Crippen LogP contribution in [0.4, 0.5) is 0 Å². The highest BCUT2D eigenvalue weighted by molar-refractivity contribution is 5.80. The summed E-state index contributed by atoms with van der Waals surface area (Å²) in [7, 11) is 0. The highest BCUT2D eigenvalue weighted by atomic mass is 16.7. The molecule has 8 atom stereocenters. The quantitative estimate of drug-likeness (QED) is 0.0342. The Kier molecular flexibility index (Phi) is 28.7. The van der Waals surface area contributed by atoms with E-state index in [1.54, 1.807) is 0 Å². The maximum atomic E-state index is 12.9. The molecule has 0 aromatic carbocycles. The van der Waals surface area contributed by atoms with E-state index in [4.69, 9.17) is 9.47 Å². The Labute approximate surface area is 303 Å². The zero-order valence-corrected chi connectivity index (χ0v) is 31.3. The Balaban J connectivity index is 2.54. The first-order valence-corrected chi connectivity index (χ1v) is 19.8. The Morgan fingerprint density at radius 1 is 0.660 bits per heavy atom. The van der Waals surface area contributed by atoms with Crippen LogP contribution in [0.15, 0.2) is 36.5 Å². The van der Waals surface area contributed by atoms with Gasteiger partial charge in [0.2, 0.25) is 5.91 Å². The molecule has 2 unspecified atom stereocenters. The van der Waals surface area contributed by atoms with Crippen molar-refractivity contribution in [1.82, 2.24) is 5.32 Å². The predicted molar refractivity (Wildman–Crippen MR) is 199 cm³/mol. The largest absolute Gasteiger partial charge is 0.394 e. The van der Waals surface area contributed by atoms with Crippen LogP contribution in [0.1, 0.15) is 149 Å². The van der Waals surface area contributed by atoms with Gasteiger partial charge in [0, 0.05) is 0 Å². The van der Waals surface area contributed by atoms with Crippen molar-refractivity contribution < 1.29 is 44.9 Å². The number of hydrogen-bond donors (Lipinski definition) is 7. The van der Waals surface area contributed by atoms with Gasteiger partial charge in [-0.15, -0.1) is 0 Å². The smallest absolute Gasteiger partial charge is 0.249 e. The Morgan fingerprint density at radius 2 is 1.14 bits per heavy atom. The fraction of sp³-hybridized carbons (Fsp3) is 0.825. The van der Waals surface area contributed by atoms with Crippen molar-refractivity contribution in [1.29, 1.82) is 0 Å². The number of carbonyl (C=O) groups excluding carboxylic acids is 1. The van der Waals surface area contributed by atoms with Gasteiger partial charge in [-0.1, -0.05) is 108 Å². The van der Waals surface area contributed by atoms with E-state index in [0.29, 0.717) is 19.3 Å². The Bertz CT molecular complexity index is 896. The first kappa shape index (κ1) is 46.4. The molecule has 0 spiro atoms. The monoisotopic (exact) mass is 712 g/mol. The molecule has 1 aliphatic heterocycles. The van der Waals surface area contributed by atoms with Crippen LogP contribution in [-0.4, -0.2) is 98.7 Å². The van der Waals surface area contributed by atoms with Crippen LogP contribution >= 0.6 is 0 Å². The number of ether oxygens (including phenoxy) is 2. The molecule has 1 aliphatic rings. The van der Waals surface area contributed by atoms with E-state index in [-0.39, 0.29) is 13.0 Å². The number of carbonyl (C=O) groups is 1. The van der Waals surface area contributed by atoms with Crippen molar-refractivity contribution in [3.63, 3.8) is 0 Å². The molecular weight excluding hydrogens is 638 g/mol. The Morgan fingerprint density at radius 3 is 1.68 bits per heavy atom. The van der Waals surface area contributed by atoms with Crippen molar-refractivity contribution >= 4 is 5.91 Å². The number of rotatable bonds is 31. The van der Waals surface area contributed by atoms with E-state index in [1.165, 1.54) is 70.6 Å². The second kappa shape index (κ2) is 30.9. The van der Waals surface area contributed by atoms with Gasteiger partial charge >= 0.3 is 0 Å². The fourth-order valence-corrected chi connectivity index (χ4v) is 5.95. The van der Waals surface area contributed by atoms with Gasteiger partial charge in [0.1, 0.15) is 30.5 Å². The van der Waals surface area contributed by atoms with Gasteiger partial charge in [-0.3, -0.25) is 4.79 Å². The molecule has 1 fully saturated rings. The minimum atomic E-state index is -1.61. The summed E-state index contributed by atoms with van der Waals surface area (Å²) in [4.78, 5) is 12.9. The van der Waals surface area contributed by atoms with E-state index in [9.17, 15) is 35.4 Å². The van der Waals surface area contributed by atoms with Crippen molar-refractivity contribution in [2.24, 2.45) is 0 Å². The molecule has 0 bridgehead atoms. The normalized spacial score (nSPS) is 23.2. The summed E-state index contributed by atoms with van der Waals surface area (Å²) in [6.07, 6.45) is 25.0. The van der Waals surface area contributed by atoms with Gasteiger partial charge in [0.15, 0.2) is 6.29 Å². The molecule has 0 aromatic heterocycles. The summed E-state index contributed by atoms with van der Waals surface area (Å²) >= 11 is 0. The van der Waals surface area contributed by atoms with Crippen molar-refractivity contribution in [2.75, 3.05) is 13.2 Å². The number of aliphatic hydroxyl groups is 6. The van der Waals surface area contributed by atoms with Crippen LogP contribution in [0, 0.1) is 0 Å². The van der Waals surface area contributed by atoms with Crippen LogP contribution in [0.25, 0.3) is 0 Å². The average molecular weight is 712 g/mol. The van der Waals surface area contributed by atoms with E-state index in [0.717, 1.165) is 38.5 Å². The molecule has 50 heavy (non-hydrogen) atoms. The molecule has 7 N–H and O–H groups in total. The second-order valence-electron chi connectivity index (χ2n) is 13.8. The maximum absolute atomic E-state index is 12.9. The number of nitrogens with one attached hydrogen (secondary N) is 1. The number of allylic oxidation sites excluding steroid dienone is 6. The third-order valence-electron chi connectivity index (χ3n) is 9.30. The second-order valence-corrected chi connectivity index (χ2v) is 13.8. The zero-order valence-electron chi connectivity index (χ0n) is 31.3. The lowest BCUT2D eigenvalue weighted by Crippen LogP contribution is -2.60. The van der Waals surface area contributed by atoms with Crippen LogP contribution in [0.2, 0.25) is 0 Å². The van der Waals surface area contributed by atoms with Gasteiger partial charge in [-0.25, -0.2) is 0 Å². The van der Waals surface area contributed by atoms with Crippen LogP contribution in [0.3, 0.4) is 0 Å². The molecule has 1 saturated heterocycles. The highest BCUT2D eigenvalue weighted by Crippen LogP contribution is 2.22. The molecule has 10 nitrogen and oxygen atoms in total. The first-order valence-electron chi connectivity index (χ1n) is 19.8. The zero-order chi connectivity index (χ0) is 36.8. The third kappa shape index (κ3) is 21.7. The lowest BCUT2D eigenvalue weighted by atomic mass is 9.99. The van der Waals surface area contributed by atoms with Gasteiger partial charge in [0.25, 0.3) is 0 Å². The molecular formula is C40H73NO9. The van der Waals surface area contributed by atoms with Gasteiger partial charge < -0.3 is 45.4 Å². The molecule has 10 heteroatoms. The number of unbranched alkanes of at least 4 members (excludes halogenated alkanes) is 14. The number of amides is 1. The Hall–Kier alpha value is -1.63. The van der Waals surface area contributed by atoms with Gasteiger partial charge in [-0.2, -0.15) is 0 Å². The van der Waals surface area contributed by atoms with Crippen LogP contribution < -0.4 is 5.32 Å².